The van der Waals surface area contributed by atoms with Crippen molar-refractivity contribution >= 4 is 23.1 Å². The number of benzene rings is 2. The number of carbonyl (C=O) groups is 2. The summed E-state index contributed by atoms with van der Waals surface area (Å²) in [5, 5.41) is 9.70. The van der Waals surface area contributed by atoms with Gasteiger partial charge in [-0.2, -0.15) is 0 Å². The molecule has 2 aromatic carbocycles. The summed E-state index contributed by atoms with van der Waals surface area (Å²) in [4.78, 5) is 24.0. The van der Waals surface area contributed by atoms with E-state index < -0.39 is 17.4 Å². The number of hydrogen-bond acceptors (Lipinski definition) is 6. The number of nitrogens with two attached hydrogens (primary N) is 2. The first kappa shape index (κ1) is 16.5. The smallest absolute Gasteiger partial charge is 0.343 e. The second-order valence-electron chi connectivity index (χ2n) is 5.69. The lowest BCUT2D eigenvalue weighted by molar-refractivity contribution is 0.0488. The van der Waals surface area contributed by atoms with Crippen molar-refractivity contribution in [3.05, 3.63) is 53.6 Å². The summed E-state index contributed by atoms with van der Waals surface area (Å²) >= 11 is 0. The molecular weight excluding hydrogens is 296 g/mol. The van der Waals surface area contributed by atoms with Crippen LogP contribution in [0.5, 0.6) is 5.75 Å². The minimum Gasteiger partial charge on any atom is -0.423 e. The zero-order valence-electron chi connectivity index (χ0n) is 12.9. The molecule has 2 aromatic rings. The van der Waals surface area contributed by atoms with Crippen molar-refractivity contribution in [3.63, 3.8) is 0 Å². The number of aliphatic hydroxyl groups is 1. The first-order valence-corrected chi connectivity index (χ1v) is 6.92. The van der Waals surface area contributed by atoms with Gasteiger partial charge in [-0.3, -0.25) is 4.79 Å². The van der Waals surface area contributed by atoms with Gasteiger partial charge >= 0.3 is 5.97 Å². The van der Waals surface area contributed by atoms with E-state index in [9.17, 15) is 14.7 Å². The molecule has 0 aliphatic rings. The molecule has 6 nitrogen and oxygen atoms in total. The molecule has 0 saturated carbocycles. The van der Waals surface area contributed by atoms with E-state index in [-0.39, 0.29) is 11.3 Å². The predicted molar refractivity (Wildman–Crippen MR) is 87.3 cm³/mol. The Kier molecular flexibility index (Phi) is 4.38. The number of Topliss-reactive ketones (excluding diaryl/α,β-unsaturated/α-hetero) is 1. The molecular formula is C17H18N2O4. The number of carbonyl (C=O) groups excluding carboxylic acids is 2. The lowest BCUT2D eigenvalue weighted by atomic mass is 9.97. The van der Waals surface area contributed by atoms with Gasteiger partial charge in [0.1, 0.15) is 11.4 Å². The molecule has 0 aliphatic carbocycles. The largest absolute Gasteiger partial charge is 0.423 e. The van der Waals surface area contributed by atoms with E-state index >= 15 is 0 Å². The summed E-state index contributed by atoms with van der Waals surface area (Å²) < 4.78 is 5.21. The van der Waals surface area contributed by atoms with Gasteiger partial charge in [0.15, 0.2) is 5.78 Å². The number of ketones is 1. The molecule has 0 heterocycles. The van der Waals surface area contributed by atoms with Crippen molar-refractivity contribution in [2.45, 2.75) is 19.4 Å². The monoisotopic (exact) mass is 314 g/mol. The van der Waals surface area contributed by atoms with Gasteiger partial charge in [0.25, 0.3) is 0 Å². The van der Waals surface area contributed by atoms with Crippen LogP contribution in [0.4, 0.5) is 11.4 Å². The van der Waals surface area contributed by atoms with Crippen LogP contribution in [0.3, 0.4) is 0 Å². The predicted octanol–water partition coefficient (Wildman–Crippen LogP) is 2.02. The van der Waals surface area contributed by atoms with Crippen LogP contribution < -0.4 is 16.2 Å². The minimum absolute atomic E-state index is 0.235. The van der Waals surface area contributed by atoms with E-state index in [0.29, 0.717) is 16.9 Å². The lowest BCUT2D eigenvalue weighted by Gasteiger charge is -2.15. The van der Waals surface area contributed by atoms with Gasteiger partial charge in [0, 0.05) is 16.9 Å². The van der Waals surface area contributed by atoms with Crippen molar-refractivity contribution in [1.82, 2.24) is 0 Å². The van der Waals surface area contributed by atoms with Gasteiger partial charge in [-0.25, -0.2) is 4.79 Å². The van der Waals surface area contributed by atoms with E-state index in [2.05, 4.69) is 0 Å². The Morgan fingerprint density at radius 1 is 0.957 bits per heavy atom. The average Bonchev–Trinajstić information content (AvgIpc) is 2.45. The molecule has 6 heteroatoms. The van der Waals surface area contributed by atoms with Crippen molar-refractivity contribution in [3.8, 4) is 5.75 Å². The highest BCUT2D eigenvalue weighted by Gasteiger charge is 2.25. The fourth-order valence-corrected chi connectivity index (χ4v) is 1.99. The summed E-state index contributed by atoms with van der Waals surface area (Å²) in [6.07, 6.45) is 0. The number of nitrogen functional groups attached to an aromatic ring is 2. The number of esters is 1. The number of anilines is 2. The van der Waals surface area contributed by atoms with Crippen molar-refractivity contribution < 1.29 is 19.4 Å². The van der Waals surface area contributed by atoms with Crippen LogP contribution in [0.25, 0.3) is 0 Å². The van der Waals surface area contributed by atoms with E-state index in [4.69, 9.17) is 16.2 Å². The fourth-order valence-electron chi connectivity index (χ4n) is 1.99. The molecule has 0 radical (unpaired) electrons. The van der Waals surface area contributed by atoms with Crippen LogP contribution in [0, 0.1) is 0 Å². The van der Waals surface area contributed by atoms with Crippen molar-refractivity contribution in [2.24, 2.45) is 0 Å². The van der Waals surface area contributed by atoms with E-state index in [1.807, 2.05) is 0 Å². The molecule has 0 fully saturated rings. The van der Waals surface area contributed by atoms with Gasteiger partial charge < -0.3 is 21.3 Å². The molecule has 0 aromatic heterocycles. The molecule has 23 heavy (non-hydrogen) atoms. The summed E-state index contributed by atoms with van der Waals surface area (Å²) in [6.45, 7) is 2.82. The quantitative estimate of drug-likeness (QED) is 0.344. The second kappa shape index (κ2) is 6.10. The summed E-state index contributed by atoms with van der Waals surface area (Å²) in [7, 11) is 0. The maximum absolute atomic E-state index is 12.1. The van der Waals surface area contributed by atoms with Crippen molar-refractivity contribution in [1.29, 1.82) is 0 Å². The van der Waals surface area contributed by atoms with Crippen LogP contribution in [-0.4, -0.2) is 22.5 Å². The topological polar surface area (TPSA) is 116 Å². The van der Waals surface area contributed by atoms with Crippen LogP contribution in [-0.2, 0) is 0 Å². The third kappa shape index (κ3) is 4.08. The Bertz CT molecular complexity index is 726. The Morgan fingerprint density at radius 2 is 1.48 bits per heavy atom. The minimum atomic E-state index is -1.46. The van der Waals surface area contributed by atoms with E-state index in [1.165, 1.54) is 56.3 Å². The zero-order valence-corrected chi connectivity index (χ0v) is 12.9. The molecule has 0 spiro atoms. The van der Waals surface area contributed by atoms with E-state index in [0.717, 1.165) is 0 Å². The molecule has 120 valence electrons. The lowest BCUT2D eigenvalue weighted by Crippen LogP contribution is -2.30. The molecule has 5 N–H and O–H groups in total. The van der Waals surface area contributed by atoms with Crippen LogP contribution >= 0.6 is 0 Å². The highest BCUT2D eigenvalue weighted by atomic mass is 16.5. The number of rotatable bonds is 4. The third-order valence-electron chi connectivity index (χ3n) is 3.10. The summed E-state index contributed by atoms with van der Waals surface area (Å²) in [6, 6.07) is 10.4. The Balaban J connectivity index is 2.15. The SMILES string of the molecule is CC(C)(O)C(=O)c1ccc(OC(=O)c2cc(N)cc(N)c2)cc1. The first-order chi connectivity index (χ1) is 10.7. The Morgan fingerprint density at radius 3 is 1.96 bits per heavy atom. The molecule has 0 bridgehead atoms. The molecule has 0 saturated heterocycles. The van der Waals surface area contributed by atoms with Crippen LogP contribution in [0.15, 0.2) is 42.5 Å². The highest BCUT2D eigenvalue weighted by molar-refractivity contribution is 6.01. The maximum Gasteiger partial charge on any atom is 0.343 e. The maximum atomic E-state index is 12.1. The zero-order chi connectivity index (χ0) is 17.2. The standard InChI is InChI=1S/C17H18N2O4/c1-17(2,22)15(20)10-3-5-14(6-4-10)23-16(21)11-7-12(18)9-13(19)8-11/h3-9,22H,18-19H2,1-2H3. The van der Waals surface area contributed by atoms with Crippen molar-refractivity contribution in [2.75, 3.05) is 11.5 Å². The molecule has 0 aliphatic heterocycles. The Hall–Kier alpha value is -2.86. The number of ether oxygens (including phenoxy) is 1. The van der Waals surface area contributed by atoms with Gasteiger partial charge in [-0.1, -0.05) is 0 Å². The molecule has 0 unspecified atom stereocenters. The van der Waals surface area contributed by atoms with Gasteiger partial charge in [-0.05, 0) is 56.3 Å². The summed E-state index contributed by atoms with van der Waals surface area (Å²) in [5.41, 5.74) is 11.1. The fraction of sp³-hybridized carbons (Fsp3) is 0.176. The van der Waals surface area contributed by atoms with Gasteiger partial charge in [0.05, 0.1) is 5.56 Å². The van der Waals surface area contributed by atoms with Gasteiger partial charge in [-0.15, -0.1) is 0 Å². The van der Waals surface area contributed by atoms with Crippen LogP contribution in [0.2, 0.25) is 0 Å². The third-order valence-corrected chi connectivity index (χ3v) is 3.10. The number of hydrogen-bond donors (Lipinski definition) is 3. The van der Waals surface area contributed by atoms with Gasteiger partial charge in [0.2, 0.25) is 0 Å². The normalized spacial score (nSPS) is 11.1. The Labute approximate surface area is 133 Å². The molecule has 0 atom stereocenters. The second-order valence-corrected chi connectivity index (χ2v) is 5.69. The van der Waals surface area contributed by atoms with Crippen LogP contribution in [0.1, 0.15) is 34.6 Å². The average molecular weight is 314 g/mol. The molecule has 0 amide bonds. The highest BCUT2D eigenvalue weighted by Crippen LogP contribution is 2.19. The summed E-state index contributed by atoms with van der Waals surface area (Å²) in [5.74, 6) is -0.757. The van der Waals surface area contributed by atoms with E-state index in [1.54, 1.807) is 0 Å². The first-order valence-electron chi connectivity index (χ1n) is 6.92. The molecule has 2 rings (SSSR count).